The second kappa shape index (κ2) is 7.82. The lowest BCUT2D eigenvalue weighted by atomic mass is 10.1. The van der Waals surface area contributed by atoms with Crippen molar-refractivity contribution in [2.75, 3.05) is 10.0 Å². The molecule has 0 unspecified atom stereocenters. The number of anilines is 2. The van der Waals surface area contributed by atoms with Gasteiger partial charge in [-0.05, 0) is 68.3 Å². The van der Waals surface area contributed by atoms with Crippen LogP contribution in [0.15, 0.2) is 65.7 Å². The van der Waals surface area contributed by atoms with E-state index in [-0.39, 0.29) is 16.6 Å². The number of aryl methyl sites for hydroxylation is 3. The summed E-state index contributed by atoms with van der Waals surface area (Å²) in [6.45, 7) is 5.84. The lowest BCUT2D eigenvalue weighted by molar-refractivity contribution is 0.102. The lowest BCUT2D eigenvalue weighted by Gasteiger charge is -2.10. The van der Waals surface area contributed by atoms with Crippen molar-refractivity contribution in [2.24, 2.45) is 0 Å². The van der Waals surface area contributed by atoms with Crippen molar-refractivity contribution in [1.82, 2.24) is 4.98 Å². The molecule has 0 atom stereocenters. The Hall–Kier alpha value is -3.19. The van der Waals surface area contributed by atoms with Gasteiger partial charge >= 0.3 is 0 Å². The largest absolute Gasteiger partial charge is 0.322 e. The van der Waals surface area contributed by atoms with Gasteiger partial charge in [0.2, 0.25) is 0 Å². The number of sulfonamides is 1. The van der Waals surface area contributed by atoms with Crippen LogP contribution in [-0.4, -0.2) is 19.3 Å². The predicted molar refractivity (Wildman–Crippen MR) is 110 cm³/mol. The number of amides is 1. The van der Waals surface area contributed by atoms with Gasteiger partial charge in [-0.2, -0.15) is 0 Å². The van der Waals surface area contributed by atoms with Gasteiger partial charge in [0.1, 0.15) is 5.82 Å². The van der Waals surface area contributed by atoms with Gasteiger partial charge in [-0.15, -0.1) is 0 Å². The van der Waals surface area contributed by atoms with Crippen LogP contribution in [0.4, 0.5) is 11.5 Å². The van der Waals surface area contributed by atoms with Gasteiger partial charge in [0.25, 0.3) is 15.9 Å². The van der Waals surface area contributed by atoms with Crippen molar-refractivity contribution < 1.29 is 13.2 Å². The normalized spacial score (nSPS) is 11.1. The fourth-order valence-electron chi connectivity index (χ4n) is 2.56. The zero-order valence-electron chi connectivity index (χ0n) is 15.9. The number of pyridine rings is 1. The first kappa shape index (κ1) is 19.6. The molecule has 7 heteroatoms. The number of carbonyl (C=O) groups excluding carboxylic acids is 1. The minimum absolute atomic E-state index is 0.0771. The van der Waals surface area contributed by atoms with Crippen molar-refractivity contribution >= 4 is 27.4 Å². The number of benzene rings is 2. The van der Waals surface area contributed by atoms with Crippen molar-refractivity contribution in [3.05, 3.63) is 83.0 Å². The molecule has 144 valence electrons. The molecule has 2 N–H and O–H groups in total. The maximum atomic E-state index is 12.5. The highest BCUT2D eigenvalue weighted by molar-refractivity contribution is 7.92. The third-order valence-electron chi connectivity index (χ3n) is 4.36. The third kappa shape index (κ3) is 4.55. The van der Waals surface area contributed by atoms with Gasteiger partial charge in [0.05, 0.1) is 4.90 Å². The zero-order chi connectivity index (χ0) is 20.3. The summed E-state index contributed by atoms with van der Waals surface area (Å²) in [4.78, 5) is 16.7. The Bertz CT molecular complexity index is 1120. The molecule has 1 aromatic heterocycles. The number of nitrogens with zero attached hydrogens (tertiary/aromatic N) is 1. The van der Waals surface area contributed by atoms with Crippen LogP contribution in [0, 0.1) is 20.8 Å². The van der Waals surface area contributed by atoms with E-state index in [0.717, 1.165) is 16.7 Å². The van der Waals surface area contributed by atoms with Crippen LogP contribution in [-0.2, 0) is 10.0 Å². The maximum absolute atomic E-state index is 12.5. The minimum atomic E-state index is -3.79. The van der Waals surface area contributed by atoms with Gasteiger partial charge in [-0.25, -0.2) is 13.4 Å². The summed E-state index contributed by atoms with van der Waals surface area (Å²) < 4.78 is 27.4. The van der Waals surface area contributed by atoms with E-state index in [1.54, 1.807) is 12.1 Å². The Balaban J connectivity index is 1.78. The maximum Gasteiger partial charge on any atom is 0.263 e. The van der Waals surface area contributed by atoms with Gasteiger partial charge < -0.3 is 5.32 Å². The Kier molecular flexibility index (Phi) is 5.46. The molecule has 0 saturated carbocycles. The fourth-order valence-corrected chi connectivity index (χ4v) is 3.56. The Morgan fingerprint density at radius 3 is 2.29 bits per heavy atom. The molecule has 0 aliphatic rings. The van der Waals surface area contributed by atoms with E-state index in [2.05, 4.69) is 15.0 Å². The number of rotatable bonds is 5. The van der Waals surface area contributed by atoms with Crippen LogP contribution >= 0.6 is 0 Å². The van der Waals surface area contributed by atoms with Gasteiger partial charge in [0.15, 0.2) is 0 Å². The molecule has 0 saturated heterocycles. The van der Waals surface area contributed by atoms with Crippen LogP contribution in [0.2, 0.25) is 0 Å². The standard InChI is InChI=1S/C21H21N3O3S/c1-14-4-8-19(9-5-14)28(26,27)24-20-13-17(10-11-22-20)21(25)23-18-7-6-15(2)16(3)12-18/h4-13H,1-3H3,(H,22,24)(H,23,25). The SMILES string of the molecule is Cc1ccc(S(=O)(=O)Nc2cc(C(=O)Nc3ccc(C)c(C)c3)ccn2)cc1. The number of nitrogens with one attached hydrogen (secondary N) is 2. The first-order valence-corrected chi connectivity index (χ1v) is 10.2. The van der Waals surface area contributed by atoms with Crippen LogP contribution < -0.4 is 10.0 Å². The molecule has 1 amide bonds. The minimum Gasteiger partial charge on any atom is -0.322 e. The molecule has 0 aliphatic carbocycles. The van der Waals surface area contributed by atoms with E-state index >= 15 is 0 Å². The van der Waals surface area contributed by atoms with Crippen LogP contribution in [0.25, 0.3) is 0 Å². The van der Waals surface area contributed by atoms with Crippen molar-refractivity contribution in [2.45, 2.75) is 25.7 Å². The highest BCUT2D eigenvalue weighted by Crippen LogP contribution is 2.18. The van der Waals surface area contributed by atoms with E-state index < -0.39 is 10.0 Å². The Labute approximate surface area is 164 Å². The van der Waals surface area contributed by atoms with Crippen LogP contribution in [0.1, 0.15) is 27.0 Å². The van der Waals surface area contributed by atoms with Crippen molar-refractivity contribution in [3.63, 3.8) is 0 Å². The molecule has 0 bridgehead atoms. The molecule has 3 rings (SSSR count). The Morgan fingerprint density at radius 1 is 0.893 bits per heavy atom. The molecule has 0 aliphatic heterocycles. The number of aromatic nitrogens is 1. The summed E-state index contributed by atoms with van der Waals surface area (Å²) in [5.41, 5.74) is 4.14. The molecule has 0 spiro atoms. The number of carbonyl (C=O) groups is 1. The molecule has 1 heterocycles. The third-order valence-corrected chi connectivity index (χ3v) is 5.73. The molecule has 28 heavy (non-hydrogen) atoms. The summed E-state index contributed by atoms with van der Waals surface area (Å²) in [7, 11) is -3.79. The van der Waals surface area contributed by atoms with Gasteiger partial charge in [-0.3, -0.25) is 9.52 Å². The van der Waals surface area contributed by atoms with Crippen molar-refractivity contribution in [1.29, 1.82) is 0 Å². The topological polar surface area (TPSA) is 88.2 Å². The van der Waals surface area contributed by atoms with Crippen LogP contribution in [0.3, 0.4) is 0 Å². The smallest absolute Gasteiger partial charge is 0.263 e. The highest BCUT2D eigenvalue weighted by Gasteiger charge is 2.16. The van der Waals surface area contributed by atoms with E-state index in [4.69, 9.17) is 0 Å². The lowest BCUT2D eigenvalue weighted by Crippen LogP contribution is -2.16. The molecular formula is C21H21N3O3S. The van der Waals surface area contributed by atoms with E-state index in [9.17, 15) is 13.2 Å². The molecule has 2 aromatic carbocycles. The predicted octanol–water partition coefficient (Wildman–Crippen LogP) is 4.06. The highest BCUT2D eigenvalue weighted by atomic mass is 32.2. The summed E-state index contributed by atoms with van der Waals surface area (Å²) in [5.74, 6) is -0.269. The van der Waals surface area contributed by atoms with Crippen molar-refractivity contribution in [3.8, 4) is 0 Å². The molecule has 6 nitrogen and oxygen atoms in total. The Morgan fingerprint density at radius 2 is 1.61 bits per heavy atom. The number of hydrogen-bond donors (Lipinski definition) is 2. The second-order valence-electron chi connectivity index (χ2n) is 6.60. The van der Waals surface area contributed by atoms with E-state index in [0.29, 0.717) is 11.3 Å². The average molecular weight is 395 g/mol. The fraction of sp³-hybridized carbons (Fsp3) is 0.143. The quantitative estimate of drug-likeness (QED) is 0.682. The van der Waals surface area contributed by atoms with Crippen LogP contribution in [0.5, 0.6) is 0 Å². The van der Waals surface area contributed by atoms with Gasteiger partial charge in [0, 0.05) is 17.4 Å². The van der Waals surface area contributed by atoms with Gasteiger partial charge in [-0.1, -0.05) is 23.8 Å². The first-order valence-electron chi connectivity index (χ1n) is 8.69. The summed E-state index contributed by atoms with van der Waals surface area (Å²) in [5, 5.41) is 2.81. The van der Waals surface area contributed by atoms with E-state index in [1.807, 2.05) is 39.0 Å². The monoisotopic (exact) mass is 395 g/mol. The second-order valence-corrected chi connectivity index (χ2v) is 8.28. The molecule has 0 radical (unpaired) electrons. The summed E-state index contributed by atoms with van der Waals surface area (Å²) in [6, 6.07) is 15.0. The first-order chi connectivity index (χ1) is 13.2. The molecule has 3 aromatic rings. The molecular weight excluding hydrogens is 374 g/mol. The van der Waals surface area contributed by atoms with E-state index in [1.165, 1.54) is 30.5 Å². The average Bonchev–Trinajstić information content (AvgIpc) is 2.65. The summed E-state index contributed by atoms with van der Waals surface area (Å²) >= 11 is 0. The summed E-state index contributed by atoms with van der Waals surface area (Å²) in [6.07, 6.45) is 1.39. The number of hydrogen-bond acceptors (Lipinski definition) is 4. The molecule has 0 fully saturated rings. The zero-order valence-corrected chi connectivity index (χ0v) is 16.7.